The van der Waals surface area contributed by atoms with E-state index in [1.165, 1.54) is 5.56 Å². The second kappa shape index (κ2) is 6.21. The van der Waals surface area contributed by atoms with Crippen LogP contribution in [-0.2, 0) is 11.2 Å². The predicted molar refractivity (Wildman–Crippen MR) is 73.1 cm³/mol. The second-order valence-electron chi connectivity index (χ2n) is 5.15. The van der Waals surface area contributed by atoms with E-state index in [0.29, 0.717) is 18.2 Å². The van der Waals surface area contributed by atoms with Crippen LogP contribution in [0.2, 0.25) is 0 Å². The van der Waals surface area contributed by atoms with Crippen molar-refractivity contribution in [1.29, 1.82) is 0 Å². The van der Waals surface area contributed by atoms with Gasteiger partial charge in [0.15, 0.2) is 0 Å². The Kier molecular flexibility index (Phi) is 4.61. The van der Waals surface area contributed by atoms with Crippen molar-refractivity contribution in [3.8, 4) is 5.75 Å². The molecule has 1 N–H and O–H groups in total. The number of methoxy groups -OCH3 is 2. The number of nitrogens with one attached hydrogen (secondary N) is 1. The van der Waals surface area contributed by atoms with Gasteiger partial charge in [0, 0.05) is 19.2 Å². The zero-order valence-electron chi connectivity index (χ0n) is 11.5. The zero-order chi connectivity index (χ0) is 13.0. The summed E-state index contributed by atoms with van der Waals surface area (Å²) in [6.45, 7) is 2.24. The molecule has 0 radical (unpaired) electrons. The van der Waals surface area contributed by atoms with Gasteiger partial charge in [-0.15, -0.1) is 0 Å². The summed E-state index contributed by atoms with van der Waals surface area (Å²) in [5, 5.41) is 3.65. The molecule has 1 aliphatic rings. The van der Waals surface area contributed by atoms with Crippen molar-refractivity contribution in [1.82, 2.24) is 5.32 Å². The monoisotopic (exact) mass is 249 g/mol. The zero-order valence-corrected chi connectivity index (χ0v) is 11.5. The third-order valence-electron chi connectivity index (χ3n) is 3.65. The maximum atomic E-state index is 5.29. The van der Waals surface area contributed by atoms with E-state index in [1.807, 2.05) is 12.1 Å². The molecule has 0 bridgehead atoms. The first kappa shape index (κ1) is 13.4. The highest BCUT2D eigenvalue weighted by Gasteiger charge is 2.29. The Hall–Kier alpha value is -1.06. The van der Waals surface area contributed by atoms with Crippen molar-refractivity contribution in [2.45, 2.75) is 44.4 Å². The maximum absolute atomic E-state index is 5.29. The highest BCUT2D eigenvalue weighted by atomic mass is 16.5. The van der Waals surface area contributed by atoms with Gasteiger partial charge in [-0.1, -0.05) is 12.1 Å². The van der Waals surface area contributed by atoms with E-state index in [4.69, 9.17) is 9.47 Å². The molecule has 1 aromatic rings. The van der Waals surface area contributed by atoms with E-state index in [-0.39, 0.29) is 0 Å². The fraction of sp³-hybridized carbons (Fsp3) is 0.600. The van der Waals surface area contributed by atoms with Crippen LogP contribution < -0.4 is 10.1 Å². The van der Waals surface area contributed by atoms with Gasteiger partial charge in [-0.3, -0.25) is 0 Å². The van der Waals surface area contributed by atoms with Crippen molar-refractivity contribution >= 4 is 0 Å². The molecule has 1 saturated carbocycles. The minimum Gasteiger partial charge on any atom is -0.497 e. The van der Waals surface area contributed by atoms with Crippen LogP contribution in [0.1, 0.15) is 25.3 Å². The lowest BCUT2D eigenvalue weighted by molar-refractivity contribution is 0.0148. The Bertz CT molecular complexity index is 357. The summed E-state index contributed by atoms with van der Waals surface area (Å²) >= 11 is 0. The van der Waals surface area contributed by atoms with E-state index in [2.05, 4.69) is 24.4 Å². The normalized spacial score (nSPS) is 24.4. The molecule has 18 heavy (non-hydrogen) atoms. The number of hydrogen-bond donors (Lipinski definition) is 1. The molecular formula is C15H23NO2. The molecule has 1 aromatic carbocycles. The summed E-state index contributed by atoms with van der Waals surface area (Å²) in [6, 6.07) is 9.44. The summed E-state index contributed by atoms with van der Waals surface area (Å²) in [4.78, 5) is 0. The first-order chi connectivity index (χ1) is 8.71. The molecule has 0 saturated heterocycles. The minimum absolute atomic E-state index is 0.468. The van der Waals surface area contributed by atoms with Crippen LogP contribution in [0.3, 0.4) is 0 Å². The fourth-order valence-corrected chi connectivity index (χ4v) is 2.47. The molecule has 0 spiro atoms. The van der Waals surface area contributed by atoms with E-state index in [9.17, 15) is 0 Å². The lowest BCUT2D eigenvalue weighted by Gasteiger charge is -2.36. The van der Waals surface area contributed by atoms with Crippen molar-refractivity contribution in [2.24, 2.45) is 0 Å². The molecule has 1 fully saturated rings. The highest BCUT2D eigenvalue weighted by molar-refractivity contribution is 5.27. The Morgan fingerprint density at radius 3 is 2.44 bits per heavy atom. The number of rotatable bonds is 6. The molecule has 0 aliphatic heterocycles. The van der Waals surface area contributed by atoms with Crippen molar-refractivity contribution in [3.05, 3.63) is 29.8 Å². The van der Waals surface area contributed by atoms with Gasteiger partial charge < -0.3 is 14.8 Å². The van der Waals surface area contributed by atoms with Gasteiger partial charge in [0.05, 0.1) is 13.2 Å². The summed E-state index contributed by atoms with van der Waals surface area (Å²) in [7, 11) is 3.49. The standard InChI is InChI=1S/C15H23NO2/c1-11(16-13-9-15(10-13)18-3)8-12-4-6-14(17-2)7-5-12/h4-7,11,13,15-16H,8-10H2,1-3H3. The summed E-state index contributed by atoms with van der Waals surface area (Å²) < 4.78 is 10.4. The molecule has 1 aliphatic carbocycles. The lowest BCUT2D eigenvalue weighted by Crippen LogP contribution is -2.48. The molecule has 0 aromatic heterocycles. The van der Waals surface area contributed by atoms with Gasteiger partial charge in [-0.05, 0) is 43.9 Å². The Balaban J connectivity index is 1.75. The van der Waals surface area contributed by atoms with E-state index < -0.39 is 0 Å². The smallest absolute Gasteiger partial charge is 0.118 e. The third kappa shape index (κ3) is 3.47. The number of ether oxygens (including phenoxy) is 2. The SMILES string of the molecule is COc1ccc(CC(C)NC2CC(OC)C2)cc1. The molecule has 2 rings (SSSR count). The molecule has 3 nitrogen and oxygen atoms in total. The Morgan fingerprint density at radius 1 is 1.22 bits per heavy atom. The van der Waals surface area contributed by atoms with Gasteiger partial charge >= 0.3 is 0 Å². The van der Waals surface area contributed by atoms with Crippen molar-refractivity contribution in [2.75, 3.05) is 14.2 Å². The van der Waals surface area contributed by atoms with Crippen LogP contribution in [0.4, 0.5) is 0 Å². The predicted octanol–water partition coefficient (Wildman–Crippen LogP) is 2.39. The first-order valence-electron chi connectivity index (χ1n) is 6.63. The van der Waals surface area contributed by atoms with Crippen LogP contribution in [0.25, 0.3) is 0 Å². The Labute approximate surface area is 109 Å². The average molecular weight is 249 g/mol. The highest BCUT2D eigenvalue weighted by Crippen LogP contribution is 2.23. The fourth-order valence-electron chi connectivity index (χ4n) is 2.47. The van der Waals surface area contributed by atoms with E-state index in [0.717, 1.165) is 25.0 Å². The maximum Gasteiger partial charge on any atom is 0.118 e. The molecule has 3 heteroatoms. The van der Waals surface area contributed by atoms with Crippen LogP contribution in [0.5, 0.6) is 5.75 Å². The average Bonchev–Trinajstić information content (AvgIpc) is 2.34. The quantitative estimate of drug-likeness (QED) is 0.839. The minimum atomic E-state index is 0.468. The first-order valence-corrected chi connectivity index (χ1v) is 6.63. The molecule has 0 amide bonds. The molecule has 1 unspecified atom stereocenters. The van der Waals surface area contributed by atoms with Gasteiger partial charge in [0.1, 0.15) is 5.75 Å². The molecule has 1 atom stereocenters. The second-order valence-corrected chi connectivity index (χ2v) is 5.15. The van der Waals surface area contributed by atoms with Crippen LogP contribution >= 0.6 is 0 Å². The van der Waals surface area contributed by atoms with Crippen molar-refractivity contribution < 1.29 is 9.47 Å². The van der Waals surface area contributed by atoms with Gasteiger partial charge in [0.2, 0.25) is 0 Å². The van der Waals surface area contributed by atoms with Crippen LogP contribution in [0.15, 0.2) is 24.3 Å². The number of benzene rings is 1. The summed E-state index contributed by atoms with van der Waals surface area (Å²) in [5.41, 5.74) is 1.35. The summed E-state index contributed by atoms with van der Waals surface area (Å²) in [6.07, 6.45) is 3.81. The van der Waals surface area contributed by atoms with Crippen LogP contribution in [0, 0.1) is 0 Å². The largest absolute Gasteiger partial charge is 0.497 e. The van der Waals surface area contributed by atoms with E-state index >= 15 is 0 Å². The van der Waals surface area contributed by atoms with E-state index in [1.54, 1.807) is 14.2 Å². The molecule has 0 heterocycles. The van der Waals surface area contributed by atoms with Gasteiger partial charge in [-0.2, -0.15) is 0 Å². The number of hydrogen-bond acceptors (Lipinski definition) is 3. The molecule has 100 valence electrons. The third-order valence-corrected chi connectivity index (χ3v) is 3.65. The van der Waals surface area contributed by atoms with Crippen LogP contribution in [-0.4, -0.2) is 32.4 Å². The topological polar surface area (TPSA) is 30.5 Å². The van der Waals surface area contributed by atoms with Crippen molar-refractivity contribution in [3.63, 3.8) is 0 Å². The summed E-state index contributed by atoms with van der Waals surface area (Å²) in [5.74, 6) is 0.918. The van der Waals surface area contributed by atoms with Gasteiger partial charge in [-0.25, -0.2) is 0 Å². The Morgan fingerprint density at radius 2 is 1.89 bits per heavy atom. The lowest BCUT2D eigenvalue weighted by atomic mass is 9.88. The molecular weight excluding hydrogens is 226 g/mol. The van der Waals surface area contributed by atoms with Gasteiger partial charge in [0.25, 0.3) is 0 Å².